The Balaban J connectivity index is 2.21. The molecule has 1 aromatic carbocycles. The highest BCUT2D eigenvalue weighted by Gasteiger charge is 2.36. The van der Waals surface area contributed by atoms with Gasteiger partial charge < -0.3 is 5.32 Å². The van der Waals surface area contributed by atoms with Gasteiger partial charge in [0.05, 0.1) is 0 Å². The quantitative estimate of drug-likeness (QED) is 0.696. The molecule has 2 aliphatic rings. The maximum Gasteiger partial charge on any atom is 0.129 e. The number of nitrogens with one attached hydrogen (secondary N) is 1. The molecular formula is C11H11ClFN. The van der Waals surface area contributed by atoms with Crippen molar-refractivity contribution in [3.05, 3.63) is 34.1 Å². The van der Waals surface area contributed by atoms with E-state index >= 15 is 0 Å². The molecule has 1 unspecified atom stereocenters. The number of hydrogen-bond donors (Lipinski definition) is 1. The standard InChI is InChI=1S/C11H11ClFN/c12-7-4-8-6-1-2-14-10(3-6)11(8)9(13)5-7/h4-6,10,14H,1-3H2/t6?,10-/m0/s1. The summed E-state index contributed by atoms with van der Waals surface area (Å²) >= 11 is 5.86. The molecule has 2 atom stereocenters. The SMILES string of the molecule is Fc1cc(Cl)cc2c1[C@@H]1CC2CCN1. The first-order valence-electron chi connectivity index (χ1n) is 4.98. The lowest BCUT2D eigenvalue weighted by molar-refractivity contribution is 0.404. The smallest absolute Gasteiger partial charge is 0.129 e. The van der Waals surface area contributed by atoms with Crippen molar-refractivity contribution in [1.29, 1.82) is 0 Å². The maximum absolute atomic E-state index is 13.7. The minimum absolute atomic E-state index is 0.144. The summed E-state index contributed by atoms with van der Waals surface area (Å²) in [6.45, 7) is 0.987. The topological polar surface area (TPSA) is 12.0 Å². The van der Waals surface area contributed by atoms with Gasteiger partial charge in [0, 0.05) is 16.6 Å². The van der Waals surface area contributed by atoms with Crippen molar-refractivity contribution in [3.63, 3.8) is 0 Å². The fourth-order valence-electron chi connectivity index (χ4n) is 2.73. The van der Waals surface area contributed by atoms with E-state index in [-0.39, 0.29) is 11.9 Å². The summed E-state index contributed by atoms with van der Waals surface area (Å²) in [5.74, 6) is 0.374. The number of halogens is 2. The molecule has 1 aromatic rings. The lowest BCUT2D eigenvalue weighted by atomic mass is 9.97. The Kier molecular flexibility index (Phi) is 1.83. The second-order valence-electron chi connectivity index (χ2n) is 4.12. The average Bonchev–Trinajstić information content (AvgIpc) is 2.39. The molecule has 0 aromatic heterocycles. The Hall–Kier alpha value is -0.600. The summed E-state index contributed by atoms with van der Waals surface area (Å²) in [7, 11) is 0. The Bertz CT molecular complexity index is 391. The van der Waals surface area contributed by atoms with Crippen molar-refractivity contribution < 1.29 is 4.39 Å². The lowest BCUT2D eigenvalue weighted by Gasteiger charge is -2.20. The van der Waals surface area contributed by atoms with Crippen LogP contribution in [0, 0.1) is 5.82 Å². The van der Waals surface area contributed by atoms with Crippen molar-refractivity contribution in [3.8, 4) is 0 Å². The molecule has 1 fully saturated rings. The van der Waals surface area contributed by atoms with Crippen LogP contribution in [0.2, 0.25) is 5.02 Å². The first-order valence-corrected chi connectivity index (χ1v) is 5.35. The molecule has 1 saturated heterocycles. The minimum atomic E-state index is -0.144. The van der Waals surface area contributed by atoms with Gasteiger partial charge in [0.1, 0.15) is 5.82 Å². The third-order valence-corrected chi connectivity index (χ3v) is 3.54. The molecular weight excluding hydrogens is 201 g/mol. The van der Waals surface area contributed by atoms with Gasteiger partial charge in [0.2, 0.25) is 0 Å². The van der Waals surface area contributed by atoms with Gasteiger partial charge in [0.25, 0.3) is 0 Å². The molecule has 1 heterocycles. The predicted molar refractivity (Wildman–Crippen MR) is 54.1 cm³/mol. The van der Waals surface area contributed by atoms with Gasteiger partial charge in [-0.1, -0.05) is 11.6 Å². The van der Waals surface area contributed by atoms with Crippen molar-refractivity contribution in [1.82, 2.24) is 5.32 Å². The molecule has 3 rings (SSSR count). The predicted octanol–water partition coefficient (Wildman–Crippen LogP) is 3.00. The van der Waals surface area contributed by atoms with Crippen LogP contribution in [0.15, 0.2) is 12.1 Å². The van der Waals surface area contributed by atoms with E-state index in [9.17, 15) is 4.39 Å². The van der Waals surface area contributed by atoms with Crippen LogP contribution in [0.1, 0.15) is 35.9 Å². The number of benzene rings is 1. The summed E-state index contributed by atoms with van der Waals surface area (Å²) in [6.07, 6.45) is 2.13. The maximum atomic E-state index is 13.7. The fraction of sp³-hybridized carbons (Fsp3) is 0.455. The number of piperidine rings is 1. The van der Waals surface area contributed by atoms with Crippen LogP contribution >= 0.6 is 11.6 Å². The number of hydrogen-bond acceptors (Lipinski definition) is 1. The summed E-state index contributed by atoms with van der Waals surface area (Å²) < 4.78 is 13.7. The highest BCUT2D eigenvalue weighted by atomic mass is 35.5. The molecule has 3 heteroatoms. The summed E-state index contributed by atoms with van der Waals surface area (Å²) in [4.78, 5) is 0. The molecule has 2 bridgehead atoms. The molecule has 1 N–H and O–H groups in total. The Morgan fingerprint density at radius 2 is 2.29 bits per heavy atom. The Labute approximate surface area is 87.3 Å². The van der Waals surface area contributed by atoms with E-state index < -0.39 is 0 Å². The minimum Gasteiger partial charge on any atom is -0.310 e. The lowest BCUT2D eigenvalue weighted by Crippen LogP contribution is -2.25. The van der Waals surface area contributed by atoms with Crippen molar-refractivity contribution in [2.24, 2.45) is 0 Å². The van der Waals surface area contributed by atoms with Gasteiger partial charge >= 0.3 is 0 Å². The van der Waals surface area contributed by atoms with Gasteiger partial charge in [-0.05, 0) is 43.0 Å². The normalized spacial score (nSPS) is 29.0. The van der Waals surface area contributed by atoms with E-state index in [4.69, 9.17) is 11.6 Å². The largest absolute Gasteiger partial charge is 0.310 e. The first-order chi connectivity index (χ1) is 6.75. The van der Waals surface area contributed by atoms with Crippen molar-refractivity contribution >= 4 is 11.6 Å². The highest BCUT2D eigenvalue weighted by Crippen LogP contribution is 2.46. The van der Waals surface area contributed by atoms with E-state index in [0.717, 1.165) is 30.5 Å². The zero-order chi connectivity index (χ0) is 9.71. The van der Waals surface area contributed by atoms with Gasteiger partial charge in [0.15, 0.2) is 0 Å². The Morgan fingerprint density at radius 3 is 3.14 bits per heavy atom. The van der Waals surface area contributed by atoms with Gasteiger partial charge in [-0.2, -0.15) is 0 Å². The van der Waals surface area contributed by atoms with Crippen LogP contribution in [0.4, 0.5) is 4.39 Å². The summed E-state index contributed by atoms with van der Waals surface area (Å²) in [5.41, 5.74) is 1.99. The van der Waals surface area contributed by atoms with E-state index in [0.29, 0.717) is 10.9 Å². The van der Waals surface area contributed by atoms with Gasteiger partial charge in [-0.3, -0.25) is 0 Å². The molecule has 0 radical (unpaired) electrons. The first kappa shape index (κ1) is 8.69. The van der Waals surface area contributed by atoms with Crippen LogP contribution in [0.3, 0.4) is 0 Å². The Morgan fingerprint density at radius 1 is 1.43 bits per heavy atom. The van der Waals surface area contributed by atoms with Crippen LogP contribution in [-0.2, 0) is 0 Å². The van der Waals surface area contributed by atoms with Crippen LogP contribution < -0.4 is 5.32 Å². The zero-order valence-corrected chi connectivity index (χ0v) is 8.44. The second kappa shape index (κ2) is 2.94. The van der Waals surface area contributed by atoms with E-state index in [2.05, 4.69) is 5.32 Å². The fourth-order valence-corrected chi connectivity index (χ4v) is 2.94. The highest BCUT2D eigenvalue weighted by molar-refractivity contribution is 6.30. The van der Waals surface area contributed by atoms with E-state index in [1.807, 2.05) is 6.07 Å². The summed E-state index contributed by atoms with van der Waals surface area (Å²) in [6, 6.07) is 3.57. The van der Waals surface area contributed by atoms with Crippen LogP contribution in [0.25, 0.3) is 0 Å². The third kappa shape index (κ3) is 1.11. The molecule has 1 aliphatic heterocycles. The monoisotopic (exact) mass is 211 g/mol. The molecule has 1 nitrogen and oxygen atoms in total. The average molecular weight is 212 g/mol. The molecule has 14 heavy (non-hydrogen) atoms. The summed E-state index contributed by atoms with van der Waals surface area (Å²) in [5, 5.41) is 3.87. The van der Waals surface area contributed by atoms with Crippen molar-refractivity contribution in [2.75, 3.05) is 6.54 Å². The molecule has 0 saturated carbocycles. The van der Waals surface area contributed by atoms with E-state index in [1.165, 1.54) is 6.07 Å². The zero-order valence-electron chi connectivity index (χ0n) is 7.69. The van der Waals surface area contributed by atoms with Gasteiger partial charge in [-0.15, -0.1) is 0 Å². The van der Waals surface area contributed by atoms with Crippen molar-refractivity contribution in [2.45, 2.75) is 24.8 Å². The molecule has 0 spiro atoms. The molecule has 74 valence electrons. The second-order valence-corrected chi connectivity index (χ2v) is 4.55. The molecule has 1 aliphatic carbocycles. The van der Waals surface area contributed by atoms with Crippen LogP contribution in [0.5, 0.6) is 0 Å². The number of fused-ring (bicyclic) bond motifs is 5. The van der Waals surface area contributed by atoms with E-state index in [1.54, 1.807) is 0 Å². The third-order valence-electron chi connectivity index (χ3n) is 3.32. The van der Waals surface area contributed by atoms with Crippen LogP contribution in [-0.4, -0.2) is 6.54 Å². The molecule has 0 amide bonds. The van der Waals surface area contributed by atoms with Gasteiger partial charge in [-0.25, -0.2) is 4.39 Å². The number of rotatable bonds is 0.